The molecule has 0 aliphatic carbocycles. The number of aromatic amines is 1. The topological polar surface area (TPSA) is 57.8 Å². The molecular formula is C15H21N3O. The van der Waals surface area contributed by atoms with Crippen molar-refractivity contribution in [2.75, 3.05) is 0 Å². The number of unbranched alkanes of at least 4 members (excludes halogenated alkanes) is 2. The highest BCUT2D eigenvalue weighted by atomic mass is 16.1. The summed E-state index contributed by atoms with van der Waals surface area (Å²) in [5.41, 5.74) is 1.94. The summed E-state index contributed by atoms with van der Waals surface area (Å²) >= 11 is 0. The number of imidazole rings is 1. The third-order valence-corrected chi connectivity index (χ3v) is 3.20. The van der Waals surface area contributed by atoms with Crippen LogP contribution in [0.4, 0.5) is 0 Å². The van der Waals surface area contributed by atoms with Gasteiger partial charge in [0.2, 0.25) is 5.91 Å². The molecule has 1 amide bonds. The van der Waals surface area contributed by atoms with E-state index in [1.54, 1.807) is 0 Å². The second kappa shape index (κ2) is 6.36. The first-order valence-corrected chi connectivity index (χ1v) is 6.94. The van der Waals surface area contributed by atoms with Crippen molar-refractivity contribution in [1.29, 1.82) is 0 Å². The van der Waals surface area contributed by atoms with Crippen LogP contribution in [0.3, 0.4) is 0 Å². The lowest BCUT2D eigenvalue weighted by Crippen LogP contribution is -2.27. The molecule has 4 heteroatoms. The number of carbonyl (C=O) groups excluding carboxylic acids is 1. The molecule has 19 heavy (non-hydrogen) atoms. The van der Waals surface area contributed by atoms with Crippen LogP contribution in [0.15, 0.2) is 24.3 Å². The molecule has 0 saturated carbocycles. The average molecular weight is 259 g/mol. The largest absolute Gasteiger partial charge is 0.346 e. The third kappa shape index (κ3) is 3.56. The second-order valence-electron chi connectivity index (χ2n) is 4.89. The Balaban J connectivity index is 1.95. The number of hydrogen-bond donors (Lipinski definition) is 2. The van der Waals surface area contributed by atoms with Gasteiger partial charge >= 0.3 is 0 Å². The second-order valence-corrected chi connectivity index (χ2v) is 4.89. The summed E-state index contributed by atoms with van der Waals surface area (Å²) in [5.74, 6) is 0.909. The number of nitrogens with zero attached hydrogens (tertiary/aromatic N) is 1. The van der Waals surface area contributed by atoms with Gasteiger partial charge in [0.15, 0.2) is 0 Å². The molecule has 1 heterocycles. The first kappa shape index (κ1) is 13.6. The zero-order chi connectivity index (χ0) is 13.7. The highest BCUT2D eigenvalue weighted by Crippen LogP contribution is 2.15. The minimum absolute atomic E-state index is 0.0819. The van der Waals surface area contributed by atoms with Crippen molar-refractivity contribution in [2.24, 2.45) is 0 Å². The van der Waals surface area contributed by atoms with E-state index in [2.05, 4.69) is 22.2 Å². The summed E-state index contributed by atoms with van der Waals surface area (Å²) in [5, 5.41) is 2.98. The number of H-pyrrole nitrogens is 1. The minimum Gasteiger partial charge on any atom is -0.346 e. The first-order valence-electron chi connectivity index (χ1n) is 6.94. The quantitative estimate of drug-likeness (QED) is 0.782. The third-order valence-electron chi connectivity index (χ3n) is 3.20. The molecule has 1 atom stereocenters. The number of rotatable bonds is 6. The molecule has 0 aliphatic heterocycles. The maximum atomic E-state index is 11.8. The number of benzene rings is 1. The van der Waals surface area contributed by atoms with Crippen LogP contribution in [0, 0.1) is 0 Å². The fourth-order valence-corrected chi connectivity index (χ4v) is 2.10. The van der Waals surface area contributed by atoms with E-state index in [0.29, 0.717) is 6.42 Å². The van der Waals surface area contributed by atoms with Crippen molar-refractivity contribution < 1.29 is 4.79 Å². The van der Waals surface area contributed by atoms with Crippen LogP contribution in [0.1, 0.15) is 51.4 Å². The number of amides is 1. The first-order chi connectivity index (χ1) is 9.20. The van der Waals surface area contributed by atoms with Gasteiger partial charge in [0.05, 0.1) is 17.1 Å². The number of fused-ring (bicyclic) bond motifs is 1. The van der Waals surface area contributed by atoms with Crippen molar-refractivity contribution in [2.45, 2.75) is 45.6 Å². The van der Waals surface area contributed by atoms with E-state index < -0.39 is 0 Å². The standard InChI is InChI=1S/C15H21N3O/c1-3-4-5-10-14(19)16-11(2)15-17-12-8-6-7-9-13(12)18-15/h6-9,11H,3-5,10H2,1-2H3,(H,16,19)(H,17,18)/t11-/m0/s1. The van der Waals surface area contributed by atoms with Gasteiger partial charge in [0.25, 0.3) is 0 Å². The van der Waals surface area contributed by atoms with Gasteiger partial charge in [0, 0.05) is 6.42 Å². The van der Waals surface area contributed by atoms with Crippen molar-refractivity contribution in [3.63, 3.8) is 0 Å². The Bertz CT molecular complexity index is 514. The maximum Gasteiger partial charge on any atom is 0.220 e. The van der Waals surface area contributed by atoms with E-state index in [1.807, 2.05) is 31.2 Å². The van der Waals surface area contributed by atoms with Gasteiger partial charge in [-0.15, -0.1) is 0 Å². The summed E-state index contributed by atoms with van der Waals surface area (Å²) in [7, 11) is 0. The summed E-state index contributed by atoms with van der Waals surface area (Å²) < 4.78 is 0. The Hall–Kier alpha value is -1.84. The predicted octanol–water partition coefficient (Wildman–Crippen LogP) is 3.32. The molecule has 4 nitrogen and oxygen atoms in total. The highest BCUT2D eigenvalue weighted by molar-refractivity contribution is 5.77. The lowest BCUT2D eigenvalue weighted by Gasteiger charge is -2.11. The summed E-state index contributed by atoms with van der Waals surface area (Å²) in [6.45, 7) is 4.09. The van der Waals surface area contributed by atoms with E-state index in [0.717, 1.165) is 36.1 Å². The van der Waals surface area contributed by atoms with Gasteiger partial charge in [0.1, 0.15) is 5.82 Å². The Kier molecular flexibility index (Phi) is 4.55. The van der Waals surface area contributed by atoms with Crippen LogP contribution in [-0.4, -0.2) is 15.9 Å². The fourth-order valence-electron chi connectivity index (χ4n) is 2.10. The molecular weight excluding hydrogens is 238 g/mol. The minimum atomic E-state index is -0.0819. The lowest BCUT2D eigenvalue weighted by molar-refractivity contribution is -0.121. The average Bonchev–Trinajstić information content (AvgIpc) is 2.83. The van der Waals surface area contributed by atoms with Crippen LogP contribution in [0.5, 0.6) is 0 Å². The van der Waals surface area contributed by atoms with Crippen molar-refractivity contribution in [1.82, 2.24) is 15.3 Å². The smallest absolute Gasteiger partial charge is 0.220 e. The Morgan fingerprint density at radius 3 is 2.89 bits per heavy atom. The Morgan fingerprint density at radius 1 is 1.37 bits per heavy atom. The lowest BCUT2D eigenvalue weighted by atomic mass is 10.2. The van der Waals surface area contributed by atoms with Gasteiger partial charge in [-0.2, -0.15) is 0 Å². The van der Waals surface area contributed by atoms with E-state index in [4.69, 9.17) is 0 Å². The normalized spacial score (nSPS) is 12.5. The molecule has 2 aromatic rings. The molecule has 2 rings (SSSR count). The van der Waals surface area contributed by atoms with Crippen LogP contribution in [0.2, 0.25) is 0 Å². The van der Waals surface area contributed by atoms with Gasteiger partial charge in [-0.1, -0.05) is 31.9 Å². The zero-order valence-corrected chi connectivity index (χ0v) is 11.6. The van der Waals surface area contributed by atoms with Crippen molar-refractivity contribution >= 4 is 16.9 Å². The molecule has 2 N–H and O–H groups in total. The molecule has 0 aliphatic rings. The molecule has 0 saturated heterocycles. The van der Waals surface area contributed by atoms with Gasteiger partial charge in [-0.05, 0) is 25.5 Å². The Morgan fingerprint density at radius 2 is 2.16 bits per heavy atom. The van der Waals surface area contributed by atoms with Crippen molar-refractivity contribution in [3.05, 3.63) is 30.1 Å². The van der Waals surface area contributed by atoms with Gasteiger partial charge in [-0.25, -0.2) is 4.98 Å². The molecule has 102 valence electrons. The van der Waals surface area contributed by atoms with Crippen LogP contribution in [0.25, 0.3) is 11.0 Å². The van der Waals surface area contributed by atoms with Crippen LogP contribution in [-0.2, 0) is 4.79 Å². The summed E-state index contributed by atoms with van der Waals surface area (Å²) in [6.07, 6.45) is 3.78. The fraction of sp³-hybridized carbons (Fsp3) is 0.467. The predicted molar refractivity (Wildman–Crippen MR) is 76.8 cm³/mol. The van der Waals surface area contributed by atoms with E-state index in [1.165, 1.54) is 0 Å². The Labute approximate surface area is 113 Å². The molecule has 1 aromatic heterocycles. The number of nitrogens with one attached hydrogen (secondary N) is 2. The molecule has 0 unspecified atom stereocenters. The summed E-state index contributed by atoms with van der Waals surface area (Å²) in [6, 6.07) is 7.80. The molecule has 0 bridgehead atoms. The summed E-state index contributed by atoms with van der Waals surface area (Å²) in [4.78, 5) is 19.5. The number of carbonyl (C=O) groups is 1. The van der Waals surface area contributed by atoms with E-state index in [-0.39, 0.29) is 11.9 Å². The SMILES string of the molecule is CCCCCC(=O)N[C@@H](C)c1nc2ccccc2[nH]1. The highest BCUT2D eigenvalue weighted by Gasteiger charge is 2.12. The maximum absolute atomic E-state index is 11.8. The number of aromatic nitrogens is 2. The molecule has 0 spiro atoms. The molecule has 1 aromatic carbocycles. The number of para-hydroxylation sites is 2. The van der Waals surface area contributed by atoms with E-state index in [9.17, 15) is 4.79 Å². The van der Waals surface area contributed by atoms with Gasteiger partial charge in [-0.3, -0.25) is 4.79 Å². The van der Waals surface area contributed by atoms with Crippen LogP contribution >= 0.6 is 0 Å². The molecule has 0 fully saturated rings. The van der Waals surface area contributed by atoms with Crippen molar-refractivity contribution in [3.8, 4) is 0 Å². The van der Waals surface area contributed by atoms with Gasteiger partial charge < -0.3 is 10.3 Å². The van der Waals surface area contributed by atoms with E-state index >= 15 is 0 Å². The van der Waals surface area contributed by atoms with Crippen LogP contribution < -0.4 is 5.32 Å². The number of hydrogen-bond acceptors (Lipinski definition) is 2. The zero-order valence-electron chi connectivity index (χ0n) is 11.6. The molecule has 0 radical (unpaired) electrons. The monoisotopic (exact) mass is 259 g/mol.